The fourth-order valence-corrected chi connectivity index (χ4v) is 3.49. The average Bonchev–Trinajstić information content (AvgIpc) is 2.78. The maximum absolute atomic E-state index is 13.2. The summed E-state index contributed by atoms with van der Waals surface area (Å²) in [5, 5.41) is 2.60. The van der Waals surface area contributed by atoms with E-state index in [-0.39, 0.29) is 17.9 Å². The topological polar surface area (TPSA) is 84.9 Å². The monoisotopic (exact) mass is 466 g/mol. The number of urea groups is 1. The molecular formula is C25H23ClN2O5. The number of imide groups is 2. The lowest BCUT2D eigenvalue weighted by Crippen LogP contribution is -2.54. The normalized spacial score (nSPS) is 14.8. The van der Waals surface area contributed by atoms with E-state index in [1.165, 1.54) is 19.3 Å². The molecule has 4 amide bonds. The van der Waals surface area contributed by atoms with E-state index >= 15 is 0 Å². The Morgan fingerprint density at radius 3 is 2.52 bits per heavy atom. The van der Waals surface area contributed by atoms with Crippen LogP contribution in [0.1, 0.15) is 16.7 Å². The minimum atomic E-state index is -0.847. The van der Waals surface area contributed by atoms with Gasteiger partial charge in [-0.2, -0.15) is 0 Å². The van der Waals surface area contributed by atoms with Gasteiger partial charge in [0.05, 0.1) is 12.8 Å². The van der Waals surface area contributed by atoms with Crippen LogP contribution in [0, 0.1) is 6.92 Å². The van der Waals surface area contributed by atoms with E-state index in [9.17, 15) is 14.4 Å². The van der Waals surface area contributed by atoms with Gasteiger partial charge in [-0.25, -0.2) is 9.69 Å². The van der Waals surface area contributed by atoms with Gasteiger partial charge in [-0.15, -0.1) is 6.58 Å². The molecule has 0 saturated carbocycles. The highest BCUT2D eigenvalue weighted by Crippen LogP contribution is 2.35. The van der Waals surface area contributed by atoms with Gasteiger partial charge in [0.2, 0.25) is 0 Å². The van der Waals surface area contributed by atoms with Crippen molar-refractivity contribution >= 4 is 41.2 Å². The van der Waals surface area contributed by atoms with Crippen molar-refractivity contribution in [3.05, 3.63) is 82.9 Å². The number of methoxy groups -OCH3 is 1. The molecule has 1 heterocycles. The van der Waals surface area contributed by atoms with Crippen LogP contribution in [0.3, 0.4) is 0 Å². The fraction of sp³-hybridized carbons (Fsp3) is 0.160. The third-order valence-corrected chi connectivity index (χ3v) is 5.32. The molecule has 1 aliphatic rings. The van der Waals surface area contributed by atoms with Gasteiger partial charge in [0.1, 0.15) is 12.2 Å². The molecule has 1 aliphatic heterocycles. The number of anilines is 1. The maximum atomic E-state index is 13.2. The summed E-state index contributed by atoms with van der Waals surface area (Å²) in [6, 6.07) is 7.33. The zero-order chi connectivity index (χ0) is 24.1. The standard InChI is InChI=1S/C25H23ClN2O5/c1-5-7-17-11-16(13-21(32-4)22(17)33-10-6-2)12-19-23(29)27-25(31)28(24(19)30)18-9-8-15(3)20(26)14-18/h5-6,8-9,11-14H,1-2,7,10H2,3-4H3,(H,27,29,31)/b19-12-. The van der Waals surface area contributed by atoms with E-state index in [4.69, 9.17) is 21.1 Å². The molecule has 1 saturated heterocycles. The van der Waals surface area contributed by atoms with Crippen LogP contribution in [0.2, 0.25) is 5.02 Å². The quantitative estimate of drug-likeness (QED) is 0.348. The smallest absolute Gasteiger partial charge is 0.335 e. The Labute approximate surface area is 196 Å². The van der Waals surface area contributed by atoms with Crippen molar-refractivity contribution in [2.45, 2.75) is 13.3 Å². The molecule has 2 aromatic rings. The number of amides is 4. The number of carbonyl (C=O) groups excluding carboxylic acids is 3. The molecule has 0 unspecified atom stereocenters. The van der Waals surface area contributed by atoms with E-state index in [2.05, 4.69) is 18.5 Å². The molecule has 7 nitrogen and oxygen atoms in total. The second-order valence-corrected chi connectivity index (χ2v) is 7.60. The molecule has 0 radical (unpaired) electrons. The third kappa shape index (κ3) is 4.99. The van der Waals surface area contributed by atoms with Crippen molar-refractivity contribution in [3.8, 4) is 11.5 Å². The lowest BCUT2D eigenvalue weighted by atomic mass is 10.0. The molecule has 2 aromatic carbocycles. The molecule has 0 aromatic heterocycles. The number of nitrogens with zero attached hydrogens (tertiary/aromatic N) is 1. The molecule has 1 N–H and O–H groups in total. The van der Waals surface area contributed by atoms with Crippen molar-refractivity contribution in [1.82, 2.24) is 5.32 Å². The lowest BCUT2D eigenvalue weighted by molar-refractivity contribution is -0.122. The van der Waals surface area contributed by atoms with Gasteiger partial charge in [0.25, 0.3) is 11.8 Å². The number of aryl methyl sites for hydroxylation is 1. The van der Waals surface area contributed by atoms with Crippen LogP contribution in [-0.4, -0.2) is 31.6 Å². The molecule has 33 heavy (non-hydrogen) atoms. The average molecular weight is 467 g/mol. The minimum Gasteiger partial charge on any atom is -0.493 e. The lowest BCUT2D eigenvalue weighted by Gasteiger charge is -2.26. The maximum Gasteiger partial charge on any atom is 0.335 e. The van der Waals surface area contributed by atoms with Crippen LogP contribution in [0.15, 0.2) is 61.2 Å². The zero-order valence-electron chi connectivity index (χ0n) is 18.3. The van der Waals surface area contributed by atoms with Gasteiger partial charge in [0.15, 0.2) is 11.5 Å². The number of barbiturate groups is 1. The van der Waals surface area contributed by atoms with E-state index < -0.39 is 17.8 Å². The first-order chi connectivity index (χ1) is 15.8. The SMILES string of the molecule is C=CCOc1c(CC=C)cc(/C=C2/C(=O)NC(=O)N(c3ccc(C)c(Cl)c3)C2=O)cc1OC. The summed E-state index contributed by atoms with van der Waals surface area (Å²) in [4.78, 5) is 39.0. The number of carbonyl (C=O) groups is 3. The predicted molar refractivity (Wildman–Crippen MR) is 128 cm³/mol. The summed E-state index contributed by atoms with van der Waals surface area (Å²) < 4.78 is 11.2. The highest BCUT2D eigenvalue weighted by Gasteiger charge is 2.37. The molecule has 0 bridgehead atoms. The van der Waals surface area contributed by atoms with Crippen LogP contribution < -0.4 is 19.7 Å². The van der Waals surface area contributed by atoms with Gasteiger partial charge in [-0.1, -0.05) is 36.4 Å². The molecule has 0 spiro atoms. The van der Waals surface area contributed by atoms with Gasteiger partial charge < -0.3 is 9.47 Å². The van der Waals surface area contributed by atoms with Crippen molar-refractivity contribution in [1.29, 1.82) is 0 Å². The van der Waals surface area contributed by atoms with Gasteiger partial charge in [0, 0.05) is 10.6 Å². The Hall–Kier alpha value is -3.84. The largest absolute Gasteiger partial charge is 0.493 e. The Morgan fingerprint density at radius 2 is 1.88 bits per heavy atom. The van der Waals surface area contributed by atoms with Crippen LogP contribution in [0.4, 0.5) is 10.5 Å². The van der Waals surface area contributed by atoms with E-state index in [1.807, 2.05) is 0 Å². The highest BCUT2D eigenvalue weighted by molar-refractivity contribution is 6.39. The van der Waals surface area contributed by atoms with Crippen LogP contribution in [-0.2, 0) is 16.0 Å². The number of ether oxygens (including phenoxy) is 2. The number of allylic oxidation sites excluding steroid dienone is 1. The summed E-state index contributed by atoms with van der Waals surface area (Å²) in [5.74, 6) is -0.620. The summed E-state index contributed by atoms with van der Waals surface area (Å²) in [7, 11) is 1.49. The van der Waals surface area contributed by atoms with E-state index in [0.717, 1.165) is 16.0 Å². The Balaban J connectivity index is 2.07. The minimum absolute atomic E-state index is 0.210. The number of benzene rings is 2. The number of nitrogens with one attached hydrogen (secondary N) is 1. The Kier molecular flexibility index (Phi) is 7.35. The first kappa shape index (κ1) is 23.8. The highest BCUT2D eigenvalue weighted by atomic mass is 35.5. The first-order valence-electron chi connectivity index (χ1n) is 10.0. The van der Waals surface area contributed by atoms with Gasteiger partial charge >= 0.3 is 6.03 Å². The number of halogens is 1. The van der Waals surface area contributed by atoms with Crippen molar-refractivity contribution < 1.29 is 23.9 Å². The molecule has 3 rings (SSSR count). The first-order valence-corrected chi connectivity index (χ1v) is 10.4. The number of hydrogen-bond donors (Lipinski definition) is 1. The van der Waals surface area contributed by atoms with Gasteiger partial charge in [-0.05, 0) is 54.8 Å². The van der Waals surface area contributed by atoms with Crippen LogP contribution in [0.25, 0.3) is 6.08 Å². The summed E-state index contributed by atoms with van der Waals surface area (Å²) in [6.07, 6.45) is 5.18. The zero-order valence-corrected chi connectivity index (χ0v) is 19.1. The van der Waals surface area contributed by atoms with E-state index in [1.54, 1.807) is 43.3 Å². The Bertz CT molecular complexity index is 1190. The second-order valence-electron chi connectivity index (χ2n) is 7.20. The number of hydrogen-bond acceptors (Lipinski definition) is 5. The third-order valence-electron chi connectivity index (χ3n) is 4.91. The summed E-state index contributed by atoms with van der Waals surface area (Å²) in [6.45, 7) is 9.49. The summed E-state index contributed by atoms with van der Waals surface area (Å²) in [5.41, 5.74) is 2.10. The summed E-state index contributed by atoms with van der Waals surface area (Å²) >= 11 is 6.16. The van der Waals surface area contributed by atoms with E-state index in [0.29, 0.717) is 28.5 Å². The molecule has 0 atom stereocenters. The molecular weight excluding hydrogens is 444 g/mol. The predicted octanol–water partition coefficient (Wildman–Crippen LogP) is 4.62. The van der Waals surface area contributed by atoms with Gasteiger partial charge in [-0.3, -0.25) is 14.9 Å². The fourth-order valence-electron chi connectivity index (χ4n) is 3.31. The van der Waals surface area contributed by atoms with Crippen LogP contribution >= 0.6 is 11.6 Å². The molecule has 1 fully saturated rings. The Morgan fingerprint density at radius 1 is 1.12 bits per heavy atom. The number of rotatable bonds is 8. The molecule has 8 heteroatoms. The van der Waals surface area contributed by atoms with Crippen molar-refractivity contribution in [2.24, 2.45) is 0 Å². The molecule has 170 valence electrons. The second kappa shape index (κ2) is 10.2. The molecule has 0 aliphatic carbocycles. The van der Waals surface area contributed by atoms with Crippen LogP contribution in [0.5, 0.6) is 11.5 Å². The van der Waals surface area contributed by atoms with Crippen molar-refractivity contribution in [3.63, 3.8) is 0 Å². The van der Waals surface area contributed by atoms with Crippen molar-refractivity contribution in [2.75, 3.05) is 18.6 Å².